The van der Waals surface area contributed by atoms with Crippen molar-refractivity contribution in [1.29, 1.82) is 0 Å². The number of rotatable bonds is 2. The van der Waals surface area contributed by atoms with Crippen LogP contribution in [0.5, 0.6) is 5.88 Å². The molecule has 0 radical (unpaired) electrons. The first-order valence-corrected chi connectivity index (χ1v) is 5.40. The number of pyridine rings is 1. The lowest BCUT2D eigenvalue weighted by Crippen LogP contribution is -2.00. The molecule has 0 saturated carbocycles. The molecule has 13 heavy (non-hydrogen) atoms. The van der Waals surface area contributed by atoms with E-state index in [4.69, 9.17) is 4.74 Å². The van der Waals surface area contributed by atoms with Crippen LogP contribution in [0.15, 0.2) is 6.07 Å². The summed E-state index contributed by atoms with van der Waals surface area (Å²) in [5, 5.41) is 0. The zero-order valence-corrected chi connectivity index (χ0v) is 10.8. The standard InChI is InChI=1S/C7H5F2I2NO/c1-13-7-5(6(8)9)3(10)2-4(11)12-7/h2,6H,1H3. The normalized spacial score (nSPS) is 10.6. The van der Waals surface area contributed by atoms with Crippen LogP contribution in [0.4, 0.5) is 8.78 Å². The molecule has 1 heterocycles. The summed E-state index contributed by atoms with van der Waals surface area (Å²) in [5.74, 6) is 0.00583. The second kappa shape index (κ2) is 4.67. The predicted molar refractivity (Wildman–Crippen MR) is 61.2 cm³/mol. The minimum atomic E-state index is -2.55. The summed E-state index contributed by atoms with van der Waals surface area (Å²) in [4.78, 5) is 3.85. The zero-order chi connectivity index (χ0) is 10.0. The summed E-state index contributed by atoms with van der Waals surface area (Å²) in [7, 11) is 1.33. The number of halogens is 4. The average molecular weight is 411 g/mol. The van der Waals surface area contributed by atoms with E-state index in [1.165, 1.54) is 7.11 Å². The first kappa shape index (κ1) is 11.3. The van der Waals surface area contributed by atoms with Gasteiger partial charge in [0.05, 0.1) is 12.7 Å². The van der Waals surface area contributed by atoms with Crippen LogP contribution in [0.2, 0.25) is 0 Å². The molecule has 0 atom stereocenters. The molecule has 0 aliphatic carbocycles. The number of alkyl halides is 2. The van der Waals surface area contributed by atoms with Gasteiger partial charge in [-0.05, 0) is 51.2 Å². The minimum absolute atomic E-state index is 0.00583. The van der Waals surface area contributed by atoms with Gasteiger partial charge in [0.25, 0.3) is 6.43 Å². The van der Waals surface area contributed by atoms with E-state index < -0.39 is 6.43 Å². The van der Waals surface area contributed by atoms with E-state index in [-0.39, 0.29) is 11.4 Å². The Hall–Kier alpha value is 0.270. The van der Waals surface area contributed by atoms with Crippen molar-refractivity contribution in [2.45, 2.75) is 6.43 Å². The number of hydrogen-bond acceptors (Lipinski definition) is 2. The van der Waals surface area contributed by atoms with E-state index in [0.717, 1.165) is 0 Å². The fourth-order valence-electron chi connectivity index (χ4n) is 0.827. The molecule has 0 saturated heterocycles. The molecule has 1 aromatic rings. The number of nitrogens with zero attached hydrogens (tertiary/aromatic N) is 1. The topological polar surface area (TPSA) is 22.1 Å². The molecule has 1 rings (SSSR count). The Kier molecular flexibility index (Phi) is 4.07. The number of hydrogen-bond donors (Lipinski definition) is 0. The summed E-state index contributed by atoms with van der Waals surface area (Å²) in [5.41, 5.74) is -0.136. The summed E-state index contributed by atoms with van der Waals surface area (Å²) in [6.45, 7) is 0. The maximum Gasteiger partial charge on any atom is 0.270 e. The molecule has 0 unspecified atom stereocenters. The van der Waals surface area contributed by atoms with Gasteiger partial charge in [-0.1, -0.05) is 0 Å². The van der Waals surface area contributed by atoms with Crippen LogP contribution >= 0.6 is 45.2 Å². The molecule has 0 amide bonds. The molecule has 72 valence electrons. The largest absolute Gasteiger partial charge is 0.481 e. The van der Waals surface area contributed by atoms with Gasteiger partial charge in [0.1, 0.15) is 3.70 Å². The van der Waals surface area contributed by atoms with Crippen LogP contribution in [0.1, 0.15) is 12.0 Å². The van der Waals surface area contributed by atoms with Gasteiger partial charge in [0.15, 0.2) is 0 Å². The molecule has 0 aromatic carbocycles. The van der Waals surface area contributed by atoms with Crippen molar-refractivity contribution in [3.05, 3.63) is 18.9 Å². The summed E-state index contributed by atoms with van der Waals surface area (Å²) in [6, 6.07) is 1.59. The first-order valence-electron chi connectivity index (χ1n) is 3.24. The van der Waals surface area contributed by atoms with Gasteiger partial charge < -0.3 is 4.74 Å². The van der Waals surface area contributed by atoms with E-state index in [1.807, 2.05) is 45.2 Å². The molecule has 0 N–H and O–H groups in total. The highest BCUT2D eigenvalue weighted by molar-refractivity contribution is 14.1. The van der Waals surface area contributed by atoms with Gasteiger partial charge >= 0.3 is 0 Å². The van der Waals surface area contributed by atoms with Crippen LogP contribution in [-0.2, 0) is 0 Å². The van der Waals surface area contributed by atoms with Crippen molar-refractivity contribution in [3.63, 3.8) is 0 Å². The Morgan fingerprint density at radius 3 is 2.54 bits per heavy atom. The van der Waals surface area contributed by atoms with Gasteiger partial charge in [0, 0.05) is 3.57 Å². The van der Waals surface area contributed by atoms with Gasteiger partial charge in [-0.3, -0.25) is 0 Å². The lowest BCUT2D eigenvalue weighted by molar-refractivity contribution is 0.145. The van der Waals surface area contributed by atoms with E-state index in [1.54, 1.807) is 6.07 Å². The van der Waals surface area contributed by atoms with E-state index in [0.29, 0.717) is 7.27 Å². The third kappa shape index (κ3) is 2.61. The SMILES string of the molecule is COc1nc(I)cc(I)c1C(F)F. The van der Waals surface area contributed by atoms with Crippen LogP contribution in [-0.4, -0.2) is 12.1 Å². The van der Waals surface area contributed by atoms with Crippen molar-refractivity contribution < 1.29 is 13.5 Å². The Labute approximate surface area is 101 Å². The molecule has 0 bridgehead atoms. The predicted octanol–water partition coefficient (Wildman–Crippen LogP) is 3.24. The van der Waals surface area contributed by atoms with Crippen molar-refractivity contribution in [2.24, 2.45) is 0 Å². The quantitative estimate of drug-likeness (QED) is 0.551. The van der Waals surface area contributed by atoms with Crippen molar-refractivity contribution in [1.82, 2.24) is 4.98 Å². The number of methoxy groups -OCH3 is 1. The van der Waals surface area contributed by atoms with Crippen LogP contribution in [0.3, 0.4) is 0 Å². The first-order chi connectivity index (χ1) is 6.06. The van der Waals surface area contributed by atoms with Crippen LogP contribution < -0.4 is 4.74 Å². The van der Waals surface area contributed by atoms with Gasteiger partial charge in [0.2, 0.25) is 5.88 Å². The van der Waals surface area contributed by atoms with Crippen LogP contribution in [0, 0.1) is 7.27 Å². The second-order valence-electron chi connectivity index (χ2n) is 2.15. The fourth-order valence-corrected chi connectivity index (χ4v) is 2.71. The Bertz CT molecular complexity index is 320. The Morgan fingerprint density at radius 2 is 2.08 bits per heavy atom. The third-order valence-electron chi connectivity index (χ3n) is 1.35. The lowest BCUT2D eigenvalue weighted by atomic mass is 10.3. The molecule has 0 aliphatic rings. The third-order valence-corrected chi connectivity index (χ3v) is 2.80. The maximum absolute atomic E-state index is 12.5. The zero-order valence-electron chi connectivity index (χ0n) is 6.52. The van der Waals surface area contributed by atoms with Gasteiger partial charge in [-0.15, -0.1) is 0 Å². The molecule has 0 fully saturated rings. The molecule has 2 nitrogen and oxygen atoms in total. The van der Waals surface area contributed by atoms with Crippen molar-refractivity contribution >= 4 is 45.2 Å². The minimum Gasteiger partial charge on any atom is -0.481 e. The molecule has 0 spiro atoms. The monoisotopic (exact) mass is 411 g/mol. The number of aromatic nitrogens is 1. The second-order valence-corrected chi connectivity index (χ2v) is 4.42. The lowest BCUT2D eigenvalue weighted by Gasteiger charge is -2.08. The fraction of sp³-hybridized carbons (Fsp3) is 0.286. The number of ether oxygens (including phenoxy) is 1. The van der Waals surface area contributed by atoms with E-state index in [9.17, 15) is 8.78 Å². The maximum atomic E-state index is 12.5. The van der Waals surface area contributed by atoms with Crippen molar-refractivity contribution in [2.75, 3.05) is 7.11 Å². The summed E-state index contributed by atoms with van der Waals surface area (Å²) >= 11 is 3.80. The smallest absolute Gasteiger partial charge is 0.270 e. The Balaban J connectivity index is 3.30. The van der Waals surface area contributed by atoms with Crippen LogP contribution in [0.25, 0.3) is 0 Å². The highest BCUT2D eigenvalue weighted by atomic mass is 127. The highest BCUT2D eigenvalue weighted by Crippen LogP contribution is 2.32. The average Bonchev–Trinajstić information content (AvgIpc) is 2.01. The van der Waals surface area contributed by atoms with Gasteiger partial charge in [-0.25, -0.2) is 13.8 Å². The molecular formula is C7H5F2I2NO. The molecule has 6 heteroatoms. The highest BCUT2D eigenvalue weighted by Gasteiger charge is 2.19. The summed E-state index contributed by atoms with van der Waals surface area (Å²) in [6.07, 6.45) is -2.55. The molecular weight excluding hydrogens is 406 g/mol. The van der Waals surface area contributed by atoms with E-state index in [2.05, 4.69) is 4.98 Å². The van der Waals surface area contributed by atoms with E-state index >= 15 is 0 Å². The van der Waals surface area contributed by atoms with Crippen molar-refractivity contribution in [3.8, 4) is 5.88 Å². The molecule has 0 aliphatic heterocycles. The summed E-state index contributed by atoms with van der Waals surface area (Å²) < 4.78 is 30.8. The molecule has 1 aromatic heterocycles. The van der Waals surface area contributed by atoms with Gasteiger partial charge in [-0.2, -0.15) is 0 Å². The Morgan fingerprint density at radius 1 is 1.46 bits per heavy atom.